The summed E-state index contributed by atoms with van der Waals surface area (Å²) >= 11 is 0. The molecule has 0 aliphatic carbocycles. The Kier molecular flexibility index (Phi) is 3.37. The van der Waals surface area contributed by atoms with Crippen molar-refractivity contribution < 1.29 is 14.8 Å². The Labute approximate surface area is 106 Å². The average molecular weight is 263 g/mol. The number of nitro groups is 1. The maximum atomic E-state index is 10.8. The van der Waals surface area contributed by atoms with Crippen molar-refractivity contribution >= 4 is 11.9 Å². The van der Waals surface area contributed by atoms with Crippen molar-refractivity contribution in [2.75, 3.05) is 7.11 Å². The van der Waals surface area contributed by atoms with Crippen LogP contribution in [0.2, 0.25) is 0 Å². The van der Waals surface area contributed by atoms with Gasteiger partial charge in [-0.1, -0.05) is 0 Å². The van der Waals surface area contributed by atoms with Crippen molar-refractivity contribution in [1.29, 1.82) is 0 Å². The highest BCUT2D eigenvalue weighted by molar-refractivity contribution is 5.86. The van der Waals surface area contributed by atoms with E-state index in [2.05, 4.69) is 15.3 Å². The van der Waals surface area contributed by atoms with Gasteiger partial charge < -0.3 is 9.84 Å². The van der Waals surface area contributed by atoms with Gasteiger partial charge in [-0.25, -0.2) is 4.68 Å². The summed E-state index contributed by atoms with van der Waals surface area (Å²) < 4.78 is 6.15. The van der Waals surface area contributed by atoms with E-state index in [4.69, 9.17) is 4.74 Å². The topological polar surface area (TPSA) is 116 Å². The van der Waals surface area contributed by atoms with Crippen molar-refractivity contribution in [3.05, 3.63) is 40.5 Å². The molecule has 19 heavy (non-hydrogen) atoms. The lowest BCUT2D eigenvalue weighted by Gasteiger charge is -2.05. The molecule has 9 nitrogen and oxygen atoms in total. The van der Waals surface area contributed by atoms with Crippen LogP contribution in [-0.4, -0.2) is 38.2 Å². The second kappa shape index (κ2) is 5.12. The lowest BCUT2D eigenvalue weighted by Crippen LogP contribution is -1.95. The standard InChI is InChI=1S/C10H9N5O4/c1-19-9-3-8(15(17)18)2-7(10(9)16)4-13-14-5-11-12-6-14/h2-6,16H,1H3/b13-4+. The number of benzene rings is 1. The van der Waals surface area contributed by atoms with Gasteiger partial charge in [0.2, 0.25) is 0 Å². The third-order valence-electron chi connectivity index (χ3n) is 2.26. The first-order valence-corrected chi connectivity index (χ1v) is 5.06. The SMILES string of the molecule is COc1cc([N+](=O)[O-])cc(/C=N/n2cnnc2)c1O. The summed E-state index contributed by atoms with van der Waals surface area (Å²) in [5, 5.41) is 31.6. The first-order chi connectivity index (χ1) is 9.11. The van der Waals surface area contributed by atoms with Gasteiger partial charge in [-0.05, 0) is 0 Å². The number of ether oxygens (including phenoxy) is 1. The van der Waals surface area contributed by atoms with Crippen LogP contribution in [0.5, 0.6) is 11.5 Å². The third kappa shape index (κ3) is 2.65. The van der Waals surface area contributed by atoms with E-state index in [1.54, 1.807) is 0 Å². The van der Waals surface area contributed by atoms with Crippen LogP contribution in [0.25, 0.3) is 0 Å². The van der Waals surface area contributed by atoms with Gasteiger partial charge in [0.1, 0.15) is 12.7 Å². The minimum absolute atomic E-state index is 0.000550. The van der Waals surface area contributed by atoms with Crippen molar-refractivity contribution in [3.8, 4) is 11.5 Å². The average Bonchev–Trinajstić information content (AvgIpc) is 2.90. The minimum Gasteiger partial charge on any atom is -0.504 e. The molecule has 0 spiro atoms. The number of phenols is 1. The number of aromatic hydroxyl groups is 1. The fourth-order valence-corrected chi connectivity index (χ4v) is 1.36. The van der Waals surface area contributed by atoms with E-state index in [-0.39, 0.29) is 22.7 Å². The summed E-state index contributed by atoms with van der Waals surface area (Å²) in [6, 6.07) is 2.32. The maximum Gasteiger partial charge on any atom is 0.274 e. The molecular formula is C10H9N5O4. The first-order valence-electron chi connectivity index (χ1n) is 5.06. The van der Waals surface area contributed by atoms with E-state index in [1.165, 1.54) is 36.7 Å². The van der Waals surface area contributed by atoms with Crippen LogP contribution in [0.3, 0.4) is 0 Å². The van der Waals surface area contributed by atoms with E-state index in [0.29, 0.717) is 0 Å². The van der Waals surface area contributed by atoms with Gasteiger partial charge in [-0.3, -0.25) is 10.1 Å². The van der Waals surface area contributed by atoms with Gasteiger partial charge in [0, 0.05) is 11.6 Å². The maximum absolute atomic E-state index is 10.8. The number of methoxy groups -OCH3 is 1. The van der Waals surface area contributed by atoms with E-state index < -0.39 is 4.92 Å². The second-order valence-corrected chi connectivity index (χ2v) is 3.43. The molecular weight excluding hydrogens is 254 g/mol. The number of nitro benzene ring substituents is 1. The molecule has 0 fully saturated rings. The van der Waals surface area contributed by atoms with Crippen molar-refractivity contribution in [3.63, 3.8) is 0 Å². The minimum atomic E-state index is -0.585. The Bertz CT molecular complexity index is 623. The van der Waals surface area contributed by atoms with Crippen LogP contribution in [-0.2, 0) is 0 Å². The lowest BCUT2D eigenvalue weighted by molar-refractivity contribution is -0.385. The Morgan fingerprint density at radius 3 is 2.74 bits per heavy atom. The molecule has 0 saturated heterocycles. The number of hydrogen-bond donors (Lipinski definition) is 1. The Morgan fingerprint density at radius 1 is 1.47 bits per heavy atom. The normalized spacial score (nSPS) is 10.8. The number of hydrogen-bond acceptors (Lipinski definition) is 7. The van der Waals surface area contributed by atoms with E-state index in [9.17, 15) is 15.2 Å². The Balaban J connectivity index is 2.43. The number of non-ortho nitro benzene ring substituents is 1. The summed E-state index contributed by atoms with van der Waals surface area (Å²) in [7, 11) is 1.31. The molecule has 2 rings (SSSR count). The molecule has 0 atom stereocenters. The molecule has 1 N–H and O–H groups in total. The van der Waals surface area contributed by atoms with E-state index in [0.717, 1.165) is 6.07 Å². The van der Waals surface area contributed by atoms with Gasteiger partial charge in [0.15, 0.2) is 11.5 Å². The van der Waals surface area contributed by atoms with Gasteiger partial charge in [0.05, 0.1) is 24.3 Å². The summed E-state index contributed by atoms with van der Waals surface area (Å²) in [5.41, 5.74) is -0.0559. The molecule has 1 heterocycles. The van der Waals surface area contributed by atoms with Crippen molar-refractivity contribution in [2.45, 2.75) is 0 Å². The lowest BCUT2D eigenvalue weighted by atomic mass is 10.2. The molecule has 0 bridgehead atoms. The van der Waals surface area contributed by atoms with Gasteiger partial charge >= 0.3 is 0 Å². The van der Waals surface area contributed by atoms with Crippen LogP contribution in [0.4, 0.5) is 5.69 Å². The highest BCUT2D eigenvalue weighted by Crippen LogP contribution is 2.33. The molecule has 0 aliphatic rings. The van der Waals surface area contributed by atoms with Gasteiger partial charge in [0.25, 0.3) is 5.69 Å². The fraction of sp³-hybridized carbons (Fsp3) is 0.100. The number of rotatable bonds is 4. The quantitative estimate of drug-likeness (QED) is 0.495. The monoisotopic (exact) mass is 263 g/mol. The second-order valence-electron chi connectivity index (χ2n) is 3.43. The van der Waals surface area contributed by atoms with Crippen molar-refractivity contribution in [2.24, 2.45) is 5.10 Å². The van der Waals surface area contributed by atoms with Gasteiger partial charge in [-0.2, -0.15) is 5.10 Å². The fourth-order valence-electron chi connectivity index (χ4n) is 1.36. The highest BCUT2D eigenvalue weighted by Gasteiger charge is 2.15. The van der Waals surface area contributed by atoms with Crippen LogP contribution in [0.1, 0.15) is 5.56 Å². The molecule has 9 heteroatoms. The molecule has 0 amide bonds. The Morgan fingerprint density at radius 2 is 2.16 bits per heavy atom. The van der Waals surface area contributed by atoms with Crippen LogP contribution < -0.4 is 4.74 Å². The molecule has 0 radical (unpaired) electrons. The third-order valence-corrected chi connectivity index (χ3v) is 2.26. The predicted octanol–water partition coefficient (Wildman–Crippen LogP) is 0.783. The van der Waals surface area contributed by atoms with Crippen molar-refractivity contribution in [1.82, 2.24) is 14.9 Å². The smallest absolute Gasteiger partial charge is 0.274 e. The number of aromatic nitrogens is 3. The van der Waals surface area contributed by atoms with Crippen LogP contribution in [0, 0.1) is 10.1 Å². The van der Waals surface area contributed by atoms with Gasteiger partial charge in [-0.15, -0.1) is 10.2 Å². The molecule has 1 aromatic carbocycles. The highest BCUT2D eigenvalue weighted by atomic mass is 16.6. The summed E-state index contributed by atoms with van der Waals surface area (Å²) in [4.78, 5) is 10.2. The molecule has 0 unspecified atom stereocenters. The predicted molar refractivity (Wildman–Crippen MR) is 64.3 cm³/mol. The number of nitrogens with zero attached hydrogens (tertiary/aromatic N) is 5. The summed E-state index contributed by atoms with van der Waals surface area (Å²) in [6.07, 6.45) is 3.92. The molecule has 98 valence electrons. The zero-order valence-electron chi connectivity index (χ0n) is 9.79. The van der Waals surface area contributed by atoms with E-state index in [1.807, 2.05) is 0 Å². The number of phenolic OH excluding ortho intramolecular Hbond substituents is 1. The largest absolute Gasteiger partial charge is 0.504 e. The molecule has 2 aromatic rings. The van der Waals surface area contributed by atoms with Crippen LogP contribution in [0.15, 0.2) is 29.9 Å². The zero-order valence-corrected chi connectivity index (χ0v) is 9.79. The summed E-state index contributed by atoms with van der Waals surface area (Å²) in [5.74, 6) is -0.232. The molecule has 0 aliphatic heterocycles. The first kappa shape index (κ1) is 12.5. The van der Waals surface area contributed by atoms with Crippen LogP contribution >= 0.6 is 0 Å². The molecule has 0 saturated carbocycles. The molecule has 1 aromatic heterocycles. The zero-order chi connectivity index (χ0) is 13.8. The Hall–Kier alpha value is -2.97. The van der Waals surface area contributed by atoms with E-state index >= 15 is 0 Å². The summed E-state index contributed by atoms with van der Waals surface area (Å²) in [6.45, 7) is 0.